The van der Waals surface area contributed by atoms with E-state index in [4.69, 9.17) is 5.73 Å². The van der Waals surface area contributed by atoms with Crippen LogP contribution in [0.2, 0.25) is 0 Å². The zero-order valence-electron chi connectivity index (χ0n) is 16.9. The second kappa shape index (κ2) is 8.62. The molecule has 0 aliphatic heterocycles. The molecule has 5 N–H and O–H groups in total. The van der Waals surface area contributed by atoms with Crippen molar-refractivity contribution in [1.29, 1.82) is 0 Å². The summed E-state index contributed by atoms with van der Waals surface area (Å²) >= 11 is 0. The number of pyridine rings is 1. The SMILES string of the molecule is CCc1nc(C(N)=O)c(Nc2ccc3cccnc3c2)nc1NC1CCC(O)CC1. The summed E-state index contributed by atoms with van der Waals surface area (Å²) in [4.78, 5) is 25.6. The lowest BCUT2D eigenvalue weighted by Gasteiger charge is -2.27. The number of aliphatic hydroxyl groups is 1. The fourth-order valence-electron chi connectivity index (χ4n) is 3.79. The van der Waals surface area contributed by atoms with Crippen molar-refractivity contribution in [2.45, 2.75) is 51.2 Å². The van der Waals surface area contributed by atoms with Gasteiger partial charge in [0.25, 0.3) is 5.91 Å². The largest absolute Gasteiger partial charge is 0.393 e. The Bertz CT molecular complexity index is 1060. The number of rotatable bonds is 6. The molecular weight excluding hydrogens is 380 g/mol. The van der Waals surface area contributed by atoms with Gasteiger partial charge in [-0.05, 0) is 50.3 Å². The maximum atomic E-state index is 12.0. The highest BCUT2D eigenvalue weighted by Gasteiger charge is 2.23. The van der Waals surface area contributed by atoms with E-state index in [1.54, 1.807) is 6.20 Å². The van der Waals surface area contributed by atoms with Crippen LogP contribution in [0.15, 0.2) is 36.5 Å². The van der Waals surface area contributed by atoms with Crippen LogP contribution < -0.4 is 16.4 Å². The number of benzene rings is 1. The molecule has 1 aliphatic rings. The van der Waals surface area contributed by atoms with Gasteiger partial charge in [0.15, 0.2) is 11.5 Å². The van der Waals surface area contributed by atoms with Gasteiger partial charge in [0.1, 0.15) is 5.82 Å². The molecular formula is C22H26N6O2. The fourth-order valence-corrected chi connectivity index (χ4v) is 3.79. The number of amides is 1. The van der Waals surface area contributed by atoms with E-state index in [2.05, 4.69) is 25.6 Å². The lowest BCUT2D eigenvalue weighted by Crippen LogP contribution is -2.29. The summed E-state index contributed by atoms with van der Waals surface area (Å²) in [6.07, 6.45) is 5.38. The summed E-state index contributed by atoms with van der Waals surface area (Å²) in [6.45, 7) is 1.96. The summed E-state index contributed by atoms with van der Waals surface area (Å²) in [7, 11) is 0. The van der Waals surface area contributed by atoms with E-state index in [-0.39, 0.29) is 17.8 Å². The van der Waals surface area contributed by atoms with Gasteiger partial charge in [-0.15, -0.1) is 0 Å². The van der Waals surface area contributed by atoms with Gasteiger partial charge in [-0.2, -0.15) is 0 Å². The smallest absolute Gasteiger partial charge is 0.271 e. The second-order valence-corrected chi connectivity index (χ2v) is 7.62. The van der Waals surface area contributed by atoms with Crippen LogP contribution >= 0.6 is 0 Å². The Balaban J connectivity index is 1.66. The van der Waals surface area contributed by atoms with Gasteiger partial charge in [-0.25, -0.2) is 9.97 Å². The average Bonchev–Trinajstić information content (AvgIpc) is 2.75. The Morgan fingerprint density at radius 1 is 1.17 bits per heavy atom. The number of fused-ring (bicyclic) bond motifs is 1. The minimum absolute atomic E-state index is 0.109. The molecule has 0 unspecified atom stereocenters. The molecule has 0 saturated heterocycles. The summed E-state index contributed by atoms with van der Waals surface area (Å²) in [6, 6.07) is 9.84. The first-order valence-electron chi connectivity index (χ1n) is 10.3. The molecule has 1 aliphatic carbocycles. The van der Waals surface area contributed by atoms with Crippen LogP contribution in [0.25, 0.3) is 10.9 Å². The molecule has 156 valence electrons. The van der Waals surface area contributed by atoms with Gasteiger partial charge in [0.05, 0.1) is 17.3 Å². The number of nitrogens with two attached hydrogens (primary N) is 1. The number of hydrogen-bond donors (Lipinski definition) is 4. The number of nitrogens with zero attached hydrogens (tertiary/aromatic N) is 3. The first-order chi connectivity index (χ1) is 14.5. The lowest BCUT2D eigenvalue weighted by atomic mass is 9.93. The maximum Gasteiger partial charge on any atom is 0.271 e. The predicted molar refractivity (Wildman–Crippen MR) is 117 cm³/mol. The molecule has 0 atom stereocenters. The van der Waals surface area contributed by atoms with Crippen molar-refractivity contribution in [2.24, 2.45) is 5.73 Å². The van der Waals surface area contributed by atoms with Crippen molar-refractivity contribution in [3.63, 3.8) is 0 Å². The number of aryl methyl sites for hydroxylation is 1. The van der Waals surface area contributed by atoms with Crippen LogP contribution in [0.4, 0.5) is 17.3 Å². The number of aliphatic hydroxyl groups excluding tert-OH is 1. The van der Waals surface area contributed by atoms with Crippen molar-refractivity contribution < 1.29 is 9.90 Å². The molecule has 2 heterocycles. The number of hydrogen-bond acceptors (Lipinski definition) is 7. The van der Waals surface area contributed by atoms with Gasteiger partial charge in [-0.3, -0.25) is 9.78 Å². The molecule has 2 aromatic heterocycles. The molecule has 1 aromatic carbocycles. The lowest BCUT2D eigenvalue weighted by molar-refractivity contribution is 0.0996. The average molecular weight is 406 g/mol. The van der Waals surface area contributed by atoms with Crippen LogP contribution in [0.1, 0.15) is 48.8 Å². The Morgan fingerprint density at radius 2 is 1.97 bits per heavy atom. The zero-order chi connectivity index (χ0) is 21.1. The summed E-state index contributed by atoms with van der Waals surface area (Å²) in [5.74, 6) is 0.324. The van der Waals surface area contributed by atoms with Gasteiger partial charge in [-0.1, -0.05) is 19.1 Å². The summed E-state index contributed by atoms with van der Waals surface area (Å²) < 4.78 is 0. The predicted octanol–water partition coefficient (Wildman–Crippen LogP) is 3.15. The number of nitrogens with one attached hydrogen (secondary N) is 2. The zero-order valence-corrected chi connectivity index (χ0v) is 16.9. The molecule has 8 heteroatoms. The molecule has 8 nitrogen and oxygen atoms in total. The molecule has 1 saturated carbocycles. The molecule has 1 amide bonds. The quantitative estimate of drug-likeness (QED) is 0.495. The van der Waals surface area contributed by atoms with E-state index in [1.807, 2.05) is 37.3 Å². The molecule has 1 fully saturated rings. The van der Waals surface area contributed by atoms with E-state index >= 15 is 0 Å². The van der Waals surface area contributed by atoms with Crippen molar-refractivity contribution in [3.05, 3.63) is 47.9 Å². The first-order valence-corrected chi connectivity index (χ1v) is 10.3. The molecule has 0 bridgehead atoms. The Kier molecular flexibility index (Phi) is 5.76. The Morgan fingerprint density at radius 3 is 2.70 bits per heavy atom. The number of carbonyl (C=O) groups is 1. The normalized spacial score (nSPS) is 18.9. The summed E-state index contributed by atoms with van der Waals surface area (Å²) in [5.41, 5.74) is 7.97. The maximum absolute atomic E-state index is 12.0. The molecule has 4 rings (SSSR count). The van der Waals surface area contributed by atoms with Gasteiger partial charge < -0.3 is 21.5 Å². The molecule has 0 radical (unpaired) electrons. The molecule has 30 heavy (non-hydrogen) atoms. The Labute approximate surface area is 175 Å². The number of aromatic nitrogens is 3. The van der Waals surface area contributed by atoms with Crippen molar-refractivity contribution in [3.8, 4) is 0 Å². The van der Waals surface area contributed by atoms with Crippen LogP contribution in [0.3, 0.4) is 0 Å². The van der Waals surface area contributed by atoms with E-state index in [0.29, 0.717) is 23.8 Å². The number of primary amides is 1. The highest BCUT2D eigenvalue weighted by Crippen LogP contribution is 2.27. The van der Waals surface area contributed by atoms with E-state index < -0.39 is 5.91 Å². The molecule has 3 aromatic rings. The first kappa shape index (κ1) is 20.0. The van der Waals surface area contributed by atoms with Crippen LogP contribution in [-0.4, -0.2) is 38.1 Å². The van der Waals surface area contributed by atoms with Crippen molar-refractivity contribution in [2.75, 3.05) is 10.6 Å². The summed E-state index contributed by atoms with van der Waals surface area (Å²) in [5, 5.41) is 17.4. The number of carbonyl (C=O) groups excluding carboxylic acids is 1. The van der Waals surface area contributed by atoms with Gasteiger partial charge >= 0.3 is 0 Å². The number of anilines is 3. The highest BCUT2D eigenvalue weighted by molar-refractivity contribution is 5.97. The van der Waals surface area contributed by atoms with Crippen molar-refractivity contribution >= 4 is 34.1 Å². The molecule has 0 spiro atoms. The Hall–Kier alpha value is -3.26. The van der Waals surface area contributed by atoms with Gasteiger partial charge in [0.2, 0.25) is 0 Å². The fraction of sp³-hybridized carbons (Fsp3) is 0.364. The van der Waals surface area contributed by atoms with E-state index in [0.717, 1.165) is 42.3 Å². The van der Waals surface area contributed by atoms with Crippen molar-refractivity contribution in [1.82, 2.24) is 15.0 Å². The van der Waals surface area contributed by atoms with Crippen LogP contribution in [-0.2, 0) is 6.42 Å². The second-order valence-electron chi connectivity index (χ2n) is 7.62. The standard InChI is InChI=1S/C22H26N6O2/c1-2-17-21(25-14-7-9-16(29)10-8-14)28-22(19(27-17)20(23)30)26-15-6-5-13-4-3-11-24-18(13)12-15/h3-6,11-12,14,16,29H,2,7-10H2,1H3,(H2,23,30)(H2,25,26,28). The van der Waals surface area contributed by atoms with Gasteiger partial charge in [0, 0.05) is 23.3 Å². The monoisotopic (exact) mass is 406 g/mol. The third-order valence-corrected chi connectivity index (χ3v) is 5.44. The van der Waals surface area contributed by atoms with Crippen LogP contribution in [0, 0.1) is 0 Å². The van der Waals surface area contributed by atoms with E-state index in [9.17, 15) is 9.90 Å². The third-order valence-electron chi connectivity index (χ3n) is 5.44. The minimum Gasteiger partial charge on any atom is -0.393 e. The van der Waals surface area contributed by atoms with Crippen LogP contribution in [0.5, 0.6) is 0 Å². The third kappa shape index (κ3) is 4.33. The topological polar surface area (TPSA) is 126 Å². The highest BCUT2D eigenvalue weighted by atomic mass is 16.3. The van der Waals surface area contributed by atoms with E-state index in [1.165, 1.54) is 0 Å². The minimum atomic E-state index is -0.633.